The van der Waals surface area contributed by atoms with Crippen LogP contribution in [-0.4, -0.2) is 25.6 Å². The molecule has 0 fully saturated rings. The third kappa shape index (κ3) is 3.98. The first-order chi connectivity index (χ1) is 14.6. The van der Waals surface area contributed by atoms with Crippen molar-refractivity contribution in [2.24, 2.45) is 0 Å². The summed E-state index contributed by atoms with van der Waals surface area (Å²) < 4.78 is 28.3. The molecule has 0 saturated heterocycles. The minimum Gasteiger partial charge on any atom is -0.381 e. The molecule has 0 radical (unpaired) electrons. The Morgan fingerprint density at radius 1 is 0.839 bits per heavy atom. The van der Waals surface area contributed by atoms with E-state index < -0.39 is 23.7 Å². The van der Waals surface area contributed by atoms with Crippen molar-refractivity contribution in [2.75, 3.05) is 0 Å². The van der Waals surface area contributed by atoms with Crippen molar-refractivity contribution >= 4 is 29.0 Å². The lowest BCUT2D eigenvalue weighted by molar-refractivity contribution is 0.102. The van der Waals surface area contributed by atoms with Crippen LogP contribution in [0.5, 0.6) is 0 Å². The zero-order chi connectivity index (χ0) is 22.3. The van der Waals surface area contributed by atoms with Crippen molar-refractivity contribution < 1.29 is 13.5 Å². The van der Waals surface area contributed by atoms with Crippen molar-refractivity contribution in [1.29, 1.82) is 0 Å². The maximum absolute atomic E-state index is 13.5. The Balaban J connectivity index is 2.02. The Morgan fingerprint density at radius 2 is 1.39 bits per heavy atom. The van der Waals surface area contributed by atoms with Crippen LogP contribution in [0.4, 0.5) is 0 Å². The molecule has 160 valence electrons. The van der Waals surface area contributed by atoms with Crippen molar-refractivity contribution in [1.82, 2.24) is 3.97 Å². The summed E-state index contributed by atoms with van der Waals surface area (Å²) in [5.41, 5.74) is 0.669. The van der Waals surface area contributed by atoms with E-state index in [4.69, 9.17) is 0 Å². The standard InChI is InChI=1S/C25H27NO3SSi/c1-31(2,3)19-25(27,20-12-6-4-7-13-20)23-18-26(24-17-11-10-16-22(23)24)30(28,29)21-14-8-5-9-15-21/h4-18,27H,19H2,1-3H3. The average Bonchev–Trinajstić information content (AvgIpc) is 3.15. The summed E-state index contributed by atoms with van der Waals surface area (Å²) in [7, 11) is -5.57. The molecule has 0 saturated carbocycles. The summed E-state index contributed by atoms with van der Waals surface area (Å²) in [6, 6.07) is 25.9. The van der Waals surface area contributed by atoms with Crippen molar-refractivity contribution in [3.63, 3.8) is 0 Å². The molecule has 31 heavy (non-hydrogen) atoms. The molecule has 0 spiro atoms. The van der Waals surface area contributed by atoms with Gasteiger partial charge in [0.1, 0.15) is 5.60 Å². The summed E-state index contributed by atoms with van der Waals surface area (Å²) in [5, 5.41) is 12.9. The molecule has 1 atom stereocenters. The predicted molar refractivity (Wildman–Crippen MR) is 129 cm³/mol. The van der Waals surface area contributed by atoms with Gasteiger partial charge in [-0.15, -0.1) is 0 Å². The van der Waals surface area contributed by atoms with E-state index in [9.17, 15) is 13.5 Å². The lowest BCUT2D eigenvalue weighted by Crippen LogP contribution is -2.37. The molecule has 4 nitrogen and oxygen atoms in total. The predicted octanol–water partition coefficient (Wildman–Crippen LogP) is 5.45. The Kier molecular flexibility index (Phi) is 5.41. The van der Waals surface area contributed by atoms with Crippen molar-refractivity contribution in [3.8, 4) is 0 Å². The van der Waals surface area contributed by atoms with Gasteiger partial charge in [0, 0.05) is 25.2 Å². The van der Waals surface area contributed by atoms with Crippen LogP contribution in [0.25, 0.3) is 10.9 Å². The number of hydrogen-bond acceptors (Lipinski definition) is 3. The van der Waals surface area contributed by atoms with E-state index in [-0.39, 0.29) is 4.90 Å². The molecule has 4 aromatic rings. The molecule has 1 aromatic heterocycles. The molecule has 0 aliphatic carbocycles. The second kappa shape index (κ2) is 7.78. The van der Waals surface area contributed by atoms with E-state index in [0.29, 0.717) is 17.1 Å². The van der Waals surface area contributed by atoms with E-state index in [2.05, 4.69) is 19.6 Å². The highest BCUT2D eigenvalue weighted by molar-refractivity contribution is 7.90. The molecule has 0 bridgehead atoms. The Labute approximate surface area is 184 Å². The lowest BCUT2D eigenvalue weighted by atomic mass is 9.88. The molecular weight excluding hydrogens is 422 g/mol. The van der Waals surface area contributed by atoms with Crippen LogP contribution in [0, 0.1) is 0 Å². The fourth-order valence-corrected chi connectivity index (χ4v) is 7.54. The zero-order valence-corrected chi connectivity index (χ0v) is 19.8. The van der Waals surface area contributed by atoms with Gasteiger partial charge in [-0.3, -0.25) is 0 Å². The minimum absolute atomic E-state index is 0.218. The fourth-order valence-electron chi connectivity index (χ4n) is 4.22. The van der Waals surface area contributed by atoms with Gasteiger partial charge in [-0.05, 0) is 29.8 Å². The summed E-state index contributed by atoms with van der Waals surface area (Å²) in [4.78, 5) is 0.218. The lowest BCUT2D eigenvalue weighted by Gasteiger charge is -2.34. The van der Waals surface area contributed by atoms with Gasteiger partial charge in [0.2, 0.25) is 0 Å². The van der Waals surface area contributed by atoms with E-state index >= 15 is 0 Å². The molecule has 1 heterocycles. The maximum Gasteiger partial charge on any atom is 0.268 e. The maximum atomic E-state index is 13.5. The molecule has 0 aliphatic rings. The topological polar surface area (TPSA) is 59.3 Å². The monoisotopic (exact) mass is 449 g/mol. The summed E-state index contributed by atoms with van der Waals surface area (Å²) in [5.74, 6) is 0. The first kappa shape index (κ1) is 21.6. The molecule has 0 aliphatic heterocycles. The zero-order valence-electron chi connectivity index (χ0n) is 18.0. The van der Waals surface area contributed by atoms with Crippen LogP contribution in [0.2, 0.25) is 25.7 Å². The first-order valence-electron chi connectivity index (χ1n) is 10.3. The van der Waals surface area contributed by atoms with E-state index in [1.165, 1.54) is 3.97 Å². The molecule has 4 rings (SSSR count). The van der Waals surface area contributed by atoms with Gasteiger partial charge < -0.3 is 5.11 Å². The van der Waals surface area contributed by atoms with Crippen LogP contribution in [-0.2, 0) is 15.6 Å². The normalized spacial score (nSPS) is 14.5. The number of nitrogens with zero attached hydrogens (tertiary/aromatic N) is 1. The number of aliphatic hydroxyl groups is 1. The first-order valence-corrected chi connectivity index (χ1v) is 15.5. The molecule has 1 unspecified atom stereocenters. The third-order valence-corrected chi connectivity index (χ3v) is 8.72. The number of benzene rings is 3. The van der Waals surface area contributed by atoms with E-state index in [1.54, 1.807) is 42.6 Å². The van der Waals surface area contributed by atoms with Crippen LogP contribution < -0.4 is 0 Å². The van der Waals surface area contributed by atoms with Crippen molar-refractivity contribution in [2.45, 2.75) is 36.2 Å². The van der Waals surface area contributed by atoms with Crippen LogP contribution in [0.3, 0.4) is 0 Å². The smallest absolute Gasteiger partial charge is 0.268 e. The van der Waals surface area contributed by atoms with Gasteiger partial charge in [-0.2, -0.15) is 0 Å². The van der Waals surface area contributed by atoms with Gasteiger partial charge in [-0.25, -0.2) is 12.4 Å². The second-order valence-corrected chi connectivity index (χ2v) is 16.4. The minimum atomic E-state index is -3.81. The molecular formula is C25H27NO3SSi. The SMILES string of the molecule is C[Si](C)(C)CC(O)(c1ccccc1)c1cn(S(=O)(=O)c2ccccc2)c2ccccc12. The van der Waals surface area contributed by atoms with Gasteiger partial charge in [0.15, 0.2) is 0 Å². The highest BCUT2D eigenvalue weighted by Crippen LogP contribution is 2.42. The third-order valence-electron chi connectivity index (χ3n) is 5.46. The summed E-state index contributed by atoms with van der Waals surface area (Å²) in [6.45, 7) is 6.63. The number of hydrogen-bond donors (Lipinski definition) is 1. The quantitative estimate of drug-likeness (QED) is 0.398. The van der Waals surface area contributed by atoms with Crippen LogP contribution >= 0.6 is 0 Å². The fraction of sp³-hybridized carbons (Fsp3) is 0.200. The van der Waals surface area contributed by atoms with Crippen LogP contribution in [0.1, 0.15) is 11.1 Å². The van der Waals surface area contributed by atoms with Gasteiger partial charge in [-0.1, -0.05) is 86.4 Å². The molecule has 0 amide bonds. The second-order valence-electron chi connectivity index (χ2n) is 9.14. The van der Waals surface area contributed by atoms with Crippen LogP contribution in [0.15, 0.2) is 96.0 Å². The number of aromatic nitrogens is 1. The summed E-state index contributed by atoms with van der Waals surface area (Å²) >= 11 is 0. The Bertz CT molecular complexity index is 1310. The van der Waals surface area contributed by atoms with E-state index in [0.717, 1.165) is 10.9 Å². The Hall–Kier alpha value is -2.67. The van der Waals surface area contributed by atoms with E-state index in [1.807, 2.05) is 48.5 Å². The van der Waals surface area contributed by atoms with Crippen molar-refractivity contribution in [3.05, 3.63) is 102 Å². The van der Waals surface area contributed by atoms with Gasteiger partial charge >= 0.3 is 0 Å². The molecule has 1 N–H and O–H groups in total. The number of para-hydroxylation sites is 1. The average molecular weight is 450 g/mol. The number of fused-ring (bicyclic) bond motifs is 1. The summed E-state index contributed by atoms with van der Waals surface area (Å²) in [6.07, 6.45) is 1.61. The van der Waals surface area contributed by atoms with Gasteiger partial charge in [0.05, 0.1) is 10.4 Å². The Morgan fingerprint density at radius 3 is 2.00 bits per heavy atom. The molecule has 3 aromatic carbocycles. The van der Waals surface area contributed by atoms with Gasteiger partial charge in [0.25, 0.3) is 10.0 Å². The largest absolute Gasteiger partial charge is 0.381 e. The highest BCUT2D eigenvalue weighted by atomic mass is 32.2. The number of rotatable bonds is 6. The molecule has 6 heteroatoms. The highest BCUT2D eigenvalue weighted by Gasteiger charge is 2.39.